The molecule has 0 aliphatic carbocycles. The third-order valence-electron chi connectivity index (χ3n) is 6.99. The molecule has 2 unspecified atom stereocenters. The standard InChI is InChI=1S/C27H30BrClN4O2Si/c1-27(2,3)36(21-10-6-4-7-11-21,22-12-8-5-9-13-22)35-17-20-15-14-19(16-34-20)33-26-23(24(28)32-33)25(29)30-18-31-26/h4-13,18-20H,14-17H2,1-3H3. The lowest BCUT2D eigenvalue weighted by molar-refractivity contribution is -0.0370. The lowest BCUT2D eigenvalue weighted by atomic mass is 10.1. The molecule has 1 fully saturated rings. The molecule has 3 heterocycles. The maximum atomic E-state index is 7.08. The molecule has 0 bridgehead atoms. The maximum Gasteiger partial charge on any atom is 0.261 e. The number of rotatable bonds is 6. The predicted octanol–water partition coefficient (Wildman–Crippen LogP) is 5.54. The second-order valence-electron chi connectivity index (χ2n) is 10.3. The molecule has 36 heavy (non-hydrogen) atoms. The molecule has 1 saturated heterocycles. The zero-order valence-corrected chi connectivity index (χ0v) is 24.0. The molecule has 5 rings (SSSR count). The Morgan fingerprint density at radius 2 is 1.67 bits per heavy atom. The molecule has 188 valence electrons. The average molecular weight is 586 g/mol. The monoisotopic (exact) mass is 584 g/mol. The van der Waals surface area contributed by atoms with Crippen LogP contribution >= 0.6 is 27.5 Å². The van der Waals surface area contributed by atoms with Crippen LogP contribution in [0.4, 0.5) is 0 Å². The van der Waals surface area contributed by atoms with Gasteiger partial charge in [0.1, 0.15) is 16.1 Å². The zero-order chi connectivity index (χ0) is 25.3. The Kier molecular flexibility index (Phi) is 7.34. The fourth-order valence-electron chi connectivity index (χ4n) is 5.25. The van der Waals surface area contributed by atoms with Crippen molar-refractivity contribution in [2.24, 2.45) is 0 Å². The van der Waals surface area contributed by atoms with Gasteiger partial charge in [-0.25, -0.2) is 14.6 Å². The SMILES string of the molecule is CC(C)(C)[Si](OCC1CCC(n2nc(Br)c3c(Cl)ncnc32)CO1)(c1ccccc1)c1ccccc1. The minimum atomic E-state index is -2.59. The molecular formula is C27H30BrClN4O2Si. The Bertz CT molecular complexity index is 1280. The summed E-state index contributed by atoms with van der Waals surface area (Å²) in [7, 11) is -2.59. The van der Waals surface area contributed by atoms with Crippen LogP contribution in [0.3, 0.4) is 0 Å². The summed E-state index contributed by atoms with van der Waals surface area (Å²) in [6.45, 7) is 7.98. The van der Waals surface area contributed by atoms with Crippen LogP contribution in [-0.2, 0) is 9.16 Å². The van der Waals surface area contributed by atoms with Gasteiger partial charge in [-0.15, -0.1) is 0 Å². The van der Waals surface area contributed by atoms with Gasteiger partial charge >= 0.3 is 0 Å². The summed E-state index contributed by atoms with van der Waals surface area (Å²) in [6.07, 6.45) is 3.28. The average Bonchev–Trinajstić information content (AvgIpc) is 3.23. The van der Waals surface area contributed by atoms with Crippen molar-refractivity contribution in [1.82, 2.24) is 19.7 Å². The molecular weight excluding hydrogens is 556 g/mol. The molecule has 6 nitrogen and oxygen atoms in total. The first-order chi connectivity index (χ1) is 17.3. The first-order valence-electron chi connectivity index (χ1n) is 12.2. The second kappa shape index (κ2) is 10.3. The van der Waals surface area contributed by atoms with E-state index in [1.165, 1.54) is 16.7 Å². The number of hydrogen-bond acceptors (Lipinski definition) is 5. The van der Waals surface area contributed by atoms with Crippen LogP contribution in [-0.4, -0.2) is 47.4 Å². The van der Waals surface area contributed by atoms with E-state index in [0.29, 0.717) is 23.0 Å². The molecule has 2 atom stereocenters. The van der Waals surface area contributed by atoms with Gasteiger partial charge in [0.05, 0.1) is 30.7 Å². The van der Waals surface area contributed by atoms with Crippen molar-refractivity contribution in [2.75, 3.05) is 13.2 Å². The van der Waals surface area contributed by atoms with E-state index in [9.17, 15) is 0 Å². The molecule has 1 aliphatic heterocycles. The highest BCUT2D eigenvalue weighted by molar-refractivity contribution is 9.10. The van der Waals surface area contributed by atoms with Crippen LogP contribution < -0.4 is 10.4 Å². The first kappa shape index (κ1) is 25.5. The Morgan fingerprint density at radius 1 is 1.03 bits per heavy atom. The predicted molar refractivity (Wildman–Crippen MR) is 150 cm³/mol. The topological polar surface area (TPSA) is 62.1 Å². The van der Waals surface area contributed by atoms with Crippen LogP contribution in [0.25, 0.3) is 11.0 Å². The Morgan fingerprint density at radius 3 is 2.22 bits per heavy atom. The summed E-state index contributed by atoms with van der Waals surface area (Å²) in [5.41, 5.74) is 0.720. The number of aromatic nitrogens is 4. The molecule has 2 aromatic heterocycles. The molecule has 9 heteroatoms. The molecule has 0 N–H and O–H groups in total. The fourth-order valence-corrected chi connectivity index (χ4v) is 10.7. The maximum absolute atomic E-state index is 7.08. The summed E-state index contributed by atoms with van der Waals surface area (Å²) in [5, 5.41) is 8.26. The van der Waals surface area contributed by atoms with E-state index in [4.69, 9.17) is 20.8 Å². The molecule has 0 spiro atoms. The lowest BCUT2D eigenvalue weighted by Gasteiger charge is -2.44. The van der Waals surface area contributed by atoms with Crippen molar-refractivity contribution >= 4 is 57.3 Å². The van der Waals surface area contributed by atoms with Gasteiger partial charge in [0.2, 0.25) is 0 Å². The van der Waals surface area contributed by atoms with Gasteiger partial charge in [-0.1, -0.05) is 93.0 Å². The highest BCUT2D eigenvalue weighted by Crippen LogP contribution is 2.38. The summed E-state index contributed by atoms with van der Waals surface area (Å²) in [5.74, 6) is 0. The third-order valence-corrected chi connectivity index (χ3v) is 12.8. The zero-order valence-electron chi connectivity index (χ0n) is 20.7. The van der Waals surface area contributed by atoms with Gasteiger partial charge in [-0.3, -0.25) is 0 Å². The highest BCUT2D eigenvalue weighted by Gasteiger charge is 2.50. The molecule has 0 radical (unpaired) electrons. The fraction of sp³-hybridized carbons (Fsp3) is 0.370. The van der Waals surface area contributed by atoms with E-state index in [1.807, 2.05) is 4.68 Å². The van der Waals surface area contributed by atoms with Crippen LogP contribution in [0.15, 0.2) is 71.6 Å². The Hall–Kier alpha value is -2.10. The molecule has 4 aromatic rings. The molecule has 2 aromatic carbocycles. The quantitative estimate of drug-likeness (QED) is 0.220. The number of benzene rings is 2. The van der Waals surface area contributed by atoms with E-state index in [1.54, 1.807) is 0 Å². The van der Waals surface area contributed by atoms with Gasteiger partial charge in [0.25, 0.3) is 8.32 Å². The van der Waals surface area contributed by atoms with E-state index in [0.717, 1.165) is 23.9 Å². The van der Waals surface area contributed by atoms with Crippen molar-refractivity contribution in [1.29, 1.82) is 0 Å². The van der Waals surface area contributed by atoms with Crippen LogP contribution in [0.5, 0.6) is 0 Å². The number of fused-ring (bicyclic) bond motifs is 1. The van der Waals surface area contributed by atoms with Gasteiger partial charge in [-0.05, 0) is 44.2 Å². The van der Waals surface area contributed by atoms with Gasteiger partial charge in [0.15, 0.2) is 5.65 Å². The molecule has 1 aliphatic rings. The second-order valence-corrected chi connectivity index (χ2v) is 15.7. The molecule has 0 saturated carbocycles. The highest BCUT2D eigenvalue weighted by atomic mass is 79.9. The summed E-state index contributed by atoms with van der Waals surface area (Å²) >= 11 is 9.79. The minimum Gasteiger partial charge on any atom is -0.405 e. The normalized spacial score (nSPS) is 19.0. The van der Waals surface area contributed by atoms with Gasteiger partial charge < -0.3 is 9.16 Å². The number of hydrogen-bond donors (Lipinski definition) is 0. The van der Waals surface area contributed by atoms with E-state index >= 15 is 0 Å². The van der Waals surface area contributed by atoms with Crippen LogP contribution in [0.2, 0.25) is 10.2 Å². The smallest absolute Gasteiger partial charge is 0.261 e. The van der Waals surface area contributed by atoms with Crippen molar-refractivity contribution in [2.45, 2.75) is 50.8 Å². The minimum absolute atomic E-state index is 0.0198. The van der Waals surface area contributed by atoms with Crippen molar-refractivity contribution in [3.63, 3.8) is 0 Å². The van der Waals surface area contributed by atoms with E-state index in [2.05, 4.69) is 112 Å². The summed E-state index contributed by atoms with van der Waals surface area (Å²) in [4.78, 5) is 8.50. The first-order valence-corrected chi connectivity index (χ1v) is 15.3. The summed E-state index contributed by atoms with van der Waals surface area (Å²) < 4.78 is 16.0. The van der Waals surface area contributed by atoms with E-state index in [-0.39, 0.29) is 17.2 Å². The lowest BCUT2D eigenvalue weighted by Crippen LogP contribution is -2.67. The van der Waals surface area contributed by atoms with Gasteiger partial charge in [-0.2, -0.15) is 5.10 Å². The largest absolute Gasteiger partial charge is 0.405 e. The van der Waals surface area contributed by atoms with Crippen LogP contribution in [0.1, 0.15) is 39.7 Å². The number of nitrogens with zero attached hydrogens (tertiary/aromatic N) is 4. The molecule has 0 amide bonds. The van der Waals surface area contributed by atoms with E-state index < -0.39 is 8.32 Å². The summed E-state index contributed by atoms with van der Waals surface area (Å²) in [6, 6.07) is 21.5. The third kappa shape index (κ3) is 4.65. The Labute approximate surface area is 226 Å². The van der Waals surface area contributed by atoms with Crippen LogP contribution in [0, 0.1) is 0 Å². The van der Waals surface area contributed by atoms with Crippen molar-refractivity contribution in [3.05, 3.63) is 76.7 Å². The van der Waals surface area contributed by atoms with Crippen molar-refractivity contribution < 1.29 is 9.16 Å². The number of halogens is 2. The van der Waals surface area contributed by atoms with Gasteiger partial charge in [0, 0.05) is 0 Å². The van der Waals surface area contributed by atoms with Crippen molar-refractivity contribution in [3.8, 4) is 0 Å². The Balaban J connectivity index is 1.36. The number of ether oxygens (including phenoxy) is 1.